The molecule has 1 aromatic heterocycles. The van der Waals surface area contributed by atoms with Crippen LogP contribution in [0, 0.1) is 0 Å². The second-order valence-corrected chi connectivity index (χ2v) is 6.17. The lowest BCUT2D eigenvalue weighted by Gasteiger charge is -2.36. The van der Waals surface area contributed by atoms with E-state index in [2.05, 4.69) is 9.88 Å². The molecule has 1 amide bonds. The Bertz CT molecular complexity index is 663. The molecule has 1 aromatic rings. The number of aromatic nitrogens is 2. The first kappa shape index (κ1) is 17.7. The molecule has 0 saturated carbocycles. The third-order valence-electron chi connectivity index (χ3n) is 4.44. The van der Waals surface area contributed by atoms with Crippen LogP contribution >= 0.6 is 0 Å². The summed E-state index contributed by atoms with van der Waals surface area (Å²) < 4.78 is 18.0. The van der Waals surface area contributed by atoms with Gasteiger partial charge in [0.25, 0.3) is 0 Å². The SMILES string of the molecule is CC(=O)N1CCN(c2cc(OC[C@H]3COCCO3)nc(=O)n2C)CC1. The van der Waals surface area contributed by atoms with Crippen LogP contribution in [-0.2, 0) is 21.3 Å². The first-order chi connectivity index (χ1) is 12.0. The molecule has 3 rings (SSSR count). The molecule has 0 aromatic carbocycles. The van der Waals surface area contributed by atoms with Crippen molar-refractivity contribution in [2.75, 3.05) is 57.5 Å². The van der Waals surface area contributed by atoms with Gasteiger partial charge in [-0.3, -0.25) is 9.36 Å². The van der Waals surface area contributed by atoms with Crippen molar-refractivity contribution in [2.24, 2.45) is 7.05 Å². The smallest absolute Gasteiger partial charge is 0.352 e. The third kappa shape index (κ3) is 4.29. The largest absolute Gasteiger partial charge is 0.475 e. The van der Waals surface area contributed by atoms with Crippen molar-refractivity contribution in [3.63, 3.8) is 0 Å². The molecule has 3 heterocycles. The molecule has 25 heavy (non-hydrogen) atoms. The van der Waals surface area contributed by atoms with E-state index in [1.165, 1.54) is 4.57 Å². The number of hydrogen-bond acceptors (Lipinski definition) is 7. The molecule has 0 bridgehead atoms. The molecule has 0 aliphatic carbocycles. The average molecular weight is 352 g/mol. The maximum absolute atomic E-state index is 12.2. The monoisotopic (exact) mass is 352 g/mol. The highest BCUT2D eigenvalue weighted by molar-refractivity contribution is 5.73. The van der Waals surface area contributed by atoms with Crippen molar-refractivity contribution in [3.05, 3.63) is 16.6 Å². The number of carbonyl (C=O) groups excluding carboxylic acids is 1. The van der Waals surface area contributed by atoms with E-state index >= 15 is 0 Å². The quantitative estimate of drug-likeness (QED) is 0.704. The van der Waals surface area contributed by atoms with E-state index in [9.17, 15) is 9.59 Å². The number of hydrogen-bond donors (Lipinski definition) is 0. The molecule has 0 N–H and O–H groups in total. The molecule has 2 saturated heterocycles. The Labute approximate surface area is 146 Å². The molecule has 2 aliphatic heterocycles. The Morgan fingerprint density at radius 3 is 2.72 bits per heavy atom. The highest BCUT2D eigenvalue weighted by Crippen LogP contribution is 2.19. The molecule has 0 spiro atoms. The number of anilines is 1. The van der Waals surface area contributed by atoms with Crippen LogP contribution in [0.5, 0.6) is 5.88 Å². The van der Waals surface area contributed by atoms with Gasteiger partial charge in [0.05, 0.1) is 19.8 Å². The zero-order valence-corrected chi connectivity index (χ0v) is 14.6. The number of rotatable bonds is 4. The minimum Gasteiger partial charge on any atom is -0.475 e. The van der Waals surface area contributed by atoms with E-state index in [1.807, 2.05) is 0 Å². The van der Waals surface area contributed by atoms with E-state index in [0.29, 0.717) is 46.0 Å². The van der Waals surface area contributed by atoms with E-state index in [4.69, 9.17) is 14.2 Å². The van der Waals surface area contributed by atoms with Crippen LogP contribution in [0.4, 0.5) is 5.82 Å². The molecule has 1 atom stereocenters. The topological polar surface area (TPSA) is 86.1 Å². The average Bonchev–Trinajstić information content (AvgIpc) is 2.63. The molecule has 0 unspecified atom stereocenters. The number of ether oxygens (including phenoxy) is 3. The van der Waals surface area contributed by atoms with E-state index in [1.54, 1.807) is 24.9 Å². The highest BCUT2D eigenvalue weighted by atomic mass is 16.6. The molecule has 2 fully saturated rings. The van der Waals surface area contributed by atoms with Gasteiger partial charge in [-0.25, -0.2) is 4.79 Å². The highest BCUT2D eigenvalue weighted by Gasteiger charge is 2.22. The zero-order valence-electron chi connectivity index (χ0n) is 14.6. The first-order valence-corrected chi connectivity index (χ1v) is 8.45. The summed E-state index contributed by atoms with van der Waals surface area (Å²) in [7, 11) is 1.68. The fraction of sp³-hybridized carbons (Fsp3) is 0.688. The van der Waals surface area contributed by atoms with Crippen LogP contribution in [0.25, 0.3) is 0 Å². The summed E-state index contributed by atoms with van der Waals surface area (Å²) in [5.41, 5.74) is -0.373. The molecule has 2 aliphatic rings. The van der Waals surface area contributed by atoms with Gasteiger partial charge in [-0.1, -0.05) is 0 Å². The summed E-state index contributed by atoms with van der Waals surface area (Å²) in [5, 5.41) is 0. The van der Waals surface area contributed by atoms with Crippen LogP contribution < -0.4 is 15.3 Å². The van der Waals surface area contributed by atoms with Crippen LogP contribution in [0.1, 0.15) is 6.92 Å². The first-order valence-electron chi connectivity index (χ1n) is 8.45. The van der Waals surface area contributed by atoms with E-state index in [0.717, 1.165) is 5.82 Å². The Hall–Kier alpha value is -2.13. The molecule has 9 nitrogen and oxygen atoms in total. The number of carbonyl (C=O) groups is 1. The van der Waals surface area contributed by atoms with Gasteiger partial charge in [0, 0.05) is 46.2 Å². The summed E-state index contributed by atoms with van der Waals surface area (Å²) in [6.45, 7) is 6.07. The van der Waals surface area contributed by atoms with Gasteiger partial charge in [-0.2, -0.15) is 4.98 Å². The molecular weight excluding hydrogens is 328 g/mol. The summed E-state index contributed by atoms with van der Waals surface area (Å²) in [5.74, 6) is 1.09. The van der Waals surface area contributed by atoms with Crippen molar-refractivity contribution in [1.82, 2.24) is 14.5 Å². The van der Waals surface area contributed by atoms with Crippen molar-refractivity contribution >= 4 is 11.7 Å². The van der Waals surface area contributed by atoms with Crippen LogP contribution in [-0.4, -0.2) is 79.1 Å². The van der Waals surface area contributed by atoms with Gasteiger partial charge in [0.1, 0.15) is 18.5 Å². The Balaban J connectivity index is 1.68. The van der Waals surface area contributed by atoms with Crippen molar-refractivity contribution in [3.8, 4) is 5.88 Å². The number of amides is 1. The predicted octanol–water partition coefficient (Wildman–Crippen LogP) is -0.757. The second kappa shape index (κ2) is 7.83. The maximum Gasteiger partial charge on any atom is 0.352 e. The standard InChI is InChI=1S/C16H24N4O5/c1-12(21)19-3-5-20(6-4-19)15-9-14(17-16(22)18(15)2)25-11-13-10-23-7-8-24-13/h9,13H,3-8,10-11H2,1-2H3/t13-/m1/s1. The van der Waals surface area contributed by atoms with E-state index in [-0.39, 0.29) is 30.2 Å². The van der Waals surface area contributed by atoms with Crippen LogP contribution in [0.3, 0.4) is 0 Å². The lowest BCUT2D eigenvalue weighted by atomic mass is 10.3. The van der Waals surface area contributed by atoms with Crippen LogP contribution in [0.2, 0.25) is 0 Å². The minimum absolute atomic E-state index is 0.0713. The van der Waals surface area contributed by atoms with Gasteiger partial charge in [0.2, 0.25) is 11.8 Å². The molecule has 138 valence electrons. The molecule has 9 heteroatoms. The zero-order chi connectivity index (χ0) is 17.8. The van der Waals surface area contributed by atoms with Gasteiger partial charge in [-0.05, 0) is 0 Å². The van der Waals surface area contributed by atoms with Crippen molar-refractivity contribution in [2.45, 2.75) is 13.0 Å². The molecular formula is C16H24N4O5. The Morgan fingerprint density at radius 2 is 2.08 bits per heavy atom. The Morgan fingerprint density at radius 1 is 1.32 bits per heavy atom. The van der Waals surface area contributed by atoms with Crippen LogP contribution in [0.15, 0.2) is 10.9 Å². The van der Waals surface area contributed by atoms with Gasteiger partial charge in [0.15, 0.2) is 0 Å². The minimum atomic E-state index is -0.373. The maximum atomic E-state index is 12.2. The molecule has 0 radical (unpaired) electrons. The van der Waals surface area contributed by atoms with Crippen molar-refractivity contribution < 1.29 is 19.0 Å². The van der Waals surface area contributed by atoms with Gasteiger partial charge in [-0.15, -0.1) is 0 Å². The summed E-state index contributed by atoms with van der Waals surface area (Å²) >= 11 is 0. The Kier molecular flexibility index (Phi) is 5.54. The second-order valence-electron chi connectivity index (χ2n) is 6.17. The van der Waals surface area contributed by atoms with Gasteiger partial charge < -0.3 is 24.0 Å². The third-order valence-corrected chi connectivity index (χ3v) is 4.44. The van der Waals surface area contributed by atoms with Gasteiger partial charge >= 0.3 is 5.69 Å². The predicted molar refractivity (Wildman–Crippen MR) is 90.0 cm³/mol. The lowest BCUT2D eigenvalue weighted by molar-refractivity contribution is -0.129. The fourth-order valence-electron chi connectivity index (χ4n) is 2.95. The fourth-order valence-corrected chi connectivity index (χ4v) is 2.95. The summed E-state index contributed by atoms with van der Waals surface area (Å²) in [6, 6.07) is 1.76. The van der Waals surface area contributed by atoms with Crippen molar-refractivity contribution in [1.29, 1.82) is 0 Å². The summed E-state index contributed by atoms with van der Waals surface area (Å²) in [4.78, 5) is 31.4. The summed E-state index contributed by atoms with van der Waals surface area (Å²) in [6.07, 6.45) is -0.151. The normalized spacial score (nSPS) is 21.3. The van der Waals surface area contributed by atoms with E-state index < -0.39 is 0 Å². The number of piperazine rings is 1. The lowest BCUT2D eigenvalue weighted by Crippen LogP contribution is -2.49. The number of nitrogens with zero attached hydrogens (tertiary/aromatic N) is 4.